The summed E-state index contributed by atoms with van der Waals surface area (Å²) in [4.78, 5) is 52.7. The van der Waals surface area contributed by atoms with Gasteiger partial charge in [-0.3, -0.25) is 19.8 Å². The number of pyridine rings is 1. The number of ether oxygens (including phenoxy) is 2. The van der Waals surface area contributed by atoms with Gasteiger partial charge in [-0.1, -0.05) is 47.7 Å². The van der Waals surface area contributed by atoms with E-state index in [4.69, 9.17) is 14.5 Å². The number of rotatable bonds is 9. The first-order valence-corrected chi connectivity index (χ1v) is 20.6. The highest BCUT2D eigenvalue weighted by Crippen LogP contribution is 2.48. The van der Waals surface area contributed by atoms with Gasteiger partial charge < -0.3 is 19.5 Å². The lowest BCUT2D eigenvalue weighted by Crippen LogP contribution is -2.41. The molecule has 2 N–H and O–H groups in total. The van der Waals surface area contributed by atoms with Gasteiger partial charge in [0.25, 0.3) is 5.91 Å². The Morgan fingerprint density at radius 2 is 1.72 bits per heavy atom. The average molecular weight is 788 g/mol. The molecule has 2 fully saturated rings. The van der Waals surface area contributed by atoms with Crippen LogP contribution in [0.1, 0.15) is 90.4 Å². The molecular formula is C45H49N5O6S. The molecule has 4 heterocycles. The number of benzene rings is 3. The lowest BCUT2D eigenvalue weighted by Gasteiger charge is -2.38. The minimum atomic E-state index is -0.775. The van der Waals surface area contributed by atoms with Crippen LogP contribution in [0.4, 0.5) is 10.9 Å². The molecule has 1 atom stereocenters. The lowest BCUT2D eigenvalue weighted by molar-refractivity contribution is -0.139. The van der Waals surface area contributed by atoms with E-state index in [9.17, 15) is 19.5 Å². The lowest BCUT2D eigenvalue weighted by atomic mass is 9.77. The number of carboxylic acids is 1. The Balaban J connectivity index is 1.04. The van der Waals surface area contributed by atoms with Crippen LogP contribution in [-0.4, -0.2) is 75.7 Å². The Morgan fingerprint density at radius 1 is 0.930 bits per heavy atom. The Hall–Kier alpha value is -5.33. The highest BCUT2D eigenvalue weighted by Gasteiger charge is 2.42. The van der Waals surface area contributed by atoms with E-state index >= 15 is 0 Å². The highest BCUT2D eigenvalue weighted by atomic mass is 32.1. The van der Waals surface area contributed by atoms with E-state index < -0.39 is 17.5 Å². The predicted octanol–water partition coefficient (Wildman–Crippen LogP) is 8.54. The Kier molecular flexibility index (Phi) is 10.5. The van der Waals surface area contributed by atoms with Gasteiger partial charge in [0.05, 0.1) is 22.9 Å². The molecule has 3 aromatic carbocycles. The standard InChI is InChI=1S/C45H49N5O6S/c1-28-31(10-8-13-36(28)55-30-17-19-45(25-30)20-23-49(24-21-45)27-39(51)52)32-15-16-38(47-40(32)42(54)56-44(2,3)4)50-22-18-29-9-7-11-33(34(29)26-50)41(53)48-43-46-35-12-5-6-14-37(35)57-43/h5-16,30H,17-27H2,1-4H3,(H,51,52)(H,46,48,53). The van der Waals surface area contributed by atoms with Crippen molar-refractivity contribution in [3.63, 3.8) is 0 Å². The fourth-order valence-electron chi connectivity index (χ4n) is 8.70. The average Bonchev–Trinajstić information content (AvgIpc) is 3.78. The zero-order valence-electron chi connectivity index (χ0n) is 33.0. The number of amides is 1. The summed E-state index contributed by atoms with van der Waals surface area (Å²) in [5, 5.41) is 12.8. The molecule has 296 valence electrons. The second kappa shape index (κ2) is 15.5. The normalized spacial score (nSPS) is 18.0. The topological polar surface area (TPSA) is 134 Å². The Labute approximate surface area is 337 Å². The van der Waals surface area contributed by atoms with E-state index in [0.717, 1.165) is 83.4 Å². The highest BCUT2D eigenvalue weighted by molar-refractivity contribution is 7.22. The molecule has 2 aliphatic heterocycles. The van der Waals surface area contributed by atoms with Crippen molar-refractivity contribution in [2.75, 3.05) is 36.4 Å². The number of nitrogens with zero attached hydrogens (tertiary/aromatic N) is 4. The summed E-state index contributed by atoms with van der Waals surface area (Å²) < 4.78 is 13.7. The first-order chi connectivity index (χ1) is 27.3. The predicted molar refractivity (Wildman–Crippen MR) is 222 cm³/mol. The molecule has 2 aromatic heterocycles. The number of carbonyl (C=O) groups excluding carboxylic acids is 2. The molecule has 12 heteroatoms. The van der Waals surface area contributed by atoms with Gasteiger partial charge in [0.1, 0.15) is 17.2 Å². The van der Waals surface area contributed by atoms with Gasteiger partial charge in [-0.15, -0.1) is 0 Å². The van der Waals surface area contributed by atoms with E-state index in [1.807, 2.05) is 99.3 Å². The van der Waals surface area contributed by atoms with Crippen LogP contribution in [0, 0.1) is 12.3 Å². The number of thiazole rings is 1. The van der Waals surface area contributed by atoms with Gasteiger partial charge in [0.15, 0.2) is 10.8 Å². The molecule has 3 aliphatic rings. The molecule has 1 spiro atoms. The number of esters is 1. The van der Waals surface area contributed by atoms with Crippen LogP contribution in [0.5, 0.6) is 5.75 Å². The third kappa shape index (κ3) is 8.38. The van der Waals surface area contributed by atoms with Crippen LogP contribution in [0.25, 0.3) is 21.3 Å². The molecule has 1 amide bonds. The summed E-state index contributed by atoms with van der Waals surface area (Å²) in [6, 6.07) is 23.5. The maximum atomic E-state index is 14.0. The van der Waals surface area contributed by atoms with Crippen LogP contribution >= 0.6 is 11.3 Å². The summed E-state index contributed by atoms with van der Waals surface area (Å²) in [7, 11) is 0. The Bertz CT molecular complexity index is 2310. The second-order valence-corrected chi connectivity index (χ2v) is 17.7. The molecular weight excluding hydrogens is 739 g/mol. The molecule has 8 rings (SSSR count). The molecule has 1 unspecified atom stereocenters. The smallest absolute Gasteiger partial charge is 0.358 e. The van der Waals surface area contributed by atoms with Gasteiger partial charge >= 0.3 is 11.9 Å². The maximum absolute atomic E-state index is 14.0. The number of anilines is 2. The number of piperidine rings is 1. The zero-order chi connectivity index (χ0) is 39.9. The molecule has 0 bridgehead atoms. The summed E-state index contributed by atoms with van der Waals surface area (Å²) in [5.74, 6) is -0.0887. The second-order valence-electron chi connectivity index (χ2n) is 16.7. The van der Waals surface area contributed by atoms with Crippen molar-refractivity contribution in [3.05, 3.63) is 101 Å². The maximum Gasteiger partial charge on any atom is 0.358 e. The van der Waals surface area contributed by atoms with E-state index in [-0.39, 0.29) is 29.7 Å². The molecule has 5 aromatic rings. The minimum Gasteiger partial charge on any atom is -0.490 e. The number of para-hydroxylation sites is 1. The van der Waals surface area contributed by atoms with Crippen molar-refractivity contribution < 1.29 is 29.0 Å². The van der Waals surface area contributed by atoms with Gasteiger partial charge in [-0.05, 0) is 143 Å². The van der Waals surface area contributed by atoms with Crippen LogP contribution in [-0.2, 0) is 22.5 Å². The number of aromatic nitrogens is 2. The fourth-order valence-corrected chi connectivity index (χ4v) is 9.56. The zero-order valence-corrected chi connectivity index (χ0v) is 33.8. The number of nitrogens with one attached hydrogen (secondary N) is 1. The summed E-state index contributed by atoms with van der Waals surface area (Å²) >= 11 is 1.45. The van der Waals surface area contributed by atoms with E-state index in [1.165, 1.54) is 11.3 Å². The van der Waals surface area contributed by atoms with E-state index in [0.29, 0.717) is 41.6 Å². The van der Waals surface area contributed by atoms with Crippen molar-refractivity contribution in [1.82, 2.24) is 14.9 Å². The first kappa shape index (κ1) is 38.5. The minimum absolute atomic E-state index is 0.0611. The number of aliphatic carboxylic acids is 1. The third-order valence-corrected chi connectivity index (χ3v) is 12.6. The largest absolute Gasteiger partial charge is 0.490 e. The Morgan fingerprint density at radius 3 is 2.49 bits per heavy atom. The van der Waals surface area contributed by atoms with Gasteiger partial charge in [-0.25, -0.2) is 14.8 Å². The van der Waals surface area contributed by atoms with Crippen LogP contribution in [0.3, 0.4) is 0 Å². The van der Waals surface area contributed by atoms with Crippen molar-refractivity contribution in [1.29, 1.82) is 0 Å². The van der Waals surface area contributed by atoms with Crippen molar-refractivity contribution in [2.24, 2.45) is 5.41 Å². The molecule has 1 saturated heterocycles. The van der Waals surface area contributed by atoms with E-state index in [2.05, 4.69) is 21.3 Å². The van der Waals surface area contributed by atoms with Crippen molar-refractivity contribution in [3.8, 4) is 16.9 Å². The summed E-state index contributed by atoms with van der Waals surface area (Å²) in [6.45, 7) is 10.4. The first-order valence-electron chi connectivity index (χ1n) is 19.8. The third-order valence-electron chi connectivity index (χ3n) is 11.6. The van der Waals surface area contributed by atoms with Crippen LogP contribution in [0.2, 0.25) is 0 Å². The summed E-state index contributed by atoms with van der Waals surface area (Å²) in [5.41, 5.74) is 5.58. The number of fused-ring (bicyclic) bond motifs is 2. The SMILES string of the molecule is Cc1c(OC2CCC3(CCN(CC(=O)O)CC3)C2)cccc1-c1ccc(N2CCc3cccc(C(=O)Nc4nc5ccccc5s4)c3C2)nc1C(=O)OC(C)(C)C. The number of hydrogen-bond acceptors (Lipinski definition) is 10. The molecule has 1 saturated carbocycles. The molecule has 0 radical (unpaired) electrons. The quantitative estimate of drug-likeness (QED) is 0.140. The summed E-state index contributed by atoms with van der Waals surface area (Å²) in [6.07, 6.45) is 5.71. The number of carbonyl (C=O) groups is 3. The number of hydrogen-bond donors (Lipinski definition) is 2. The van der Waals surface area contributed by atoms with Crippen molar-refractivity contribution >= 4 is 50.3 Å². The molecule has 11 nitrogen and oxygen atoms in total. The molecule has 1 aliphatic carbocycles. The monoisotopic (exact) mass is 787 g/mol. The van der Waals surface area contributed by atoms with E-state index in [1.54, 1.807) is 0 Å². The number of carboxylic acid groups (broad SMARTS) is 1. The van der Waals surface area contributed by atoms with Crippen LogP contribution < -0.4 is 15.0 Å². The number of likely N-dealkylation sites (tertiary alicyclic amines) is 1. The molecule has 57 heavy (non-hydrogen) atoms. The van der Waals surface area contributed by atoms with Crippen molar-refractivity contribution in [2.45, 2.75) is 84.5 Å². The van der Waals surface area contributed by atoms with Gasteiger partial charge in [-0.2, -0.15) is 0 Å². The van der Waals surface area contributed by atoms with Gasteiger partial charge in [0, 0.05) is 24.2 Å². The van der Waals surface area contributed by atoms with Crippen LogP contribution in [0.15, 0.2) is 72.8 Å². The fraction of sp³-hybridized carbons (Fsp3) is 0.400. The van der Waals surface area contributed by atoms with Gasteiger partial charge in [0.2, 0.25) is 0 Å².